The van der Waals surface area contributed by atoms with Gasteiger partial charge in [-0.05, 0) is 60.9 Å². The van der Waals surface area contributed by atoms with E-state index in [9.17, 15) is 9.90 Å². The van der Waals surface area contributed by atoms with Crippen LogP contribution in [0.15, 0.2) is 66.7 Å². The topological polar surface area (TPSA) is 78.4 Å². The molecule has 0 unspecified atom stereocenters. The number of pyridine rings is 1. The number of aliphatic hydroxyl groups excluding tert-OH is 1. The number of carbonyl (C=O) groups is 1. The number of amides is 1. The maximum absolute atomic E-state index is 13.2. The molecule has 0 atom stereocenters. The molecule has 0 saturated carbocycles. The molecule has 7 heteroatoms. The number of fused-ring (bicyclic) bond motifs is 2. The van der Waals surface area contributed by atoms with Gasteiger partial charge in [0.05, 0.1) is 10.2 Å². The zero-order valence-electron chi connectivity index (χ0n) is 17.6. The standard InChI is InChI=1S/C25H22N4O2S/c1-2-21(30)19-10-6-12-23(26-19)29-14-13-16-7-5-8-17(18(16)15-29)24(31)28-25-27-20-9-3-4-11-22(20)32-25/h2-12,30H,13-15H2,1H3,(H,27,28,31). The van der Waals surface area contributed by atoms with E-state index in [4.69, 9.17) is 0 Å². The van der Waals surface area contributed by atoms with Gasteiger partial charge in [-0.1, -0.05) is 41.7 Å². The molecular weight excluding hydrogens is 420 g/mol. The van der Waals surface area contributed by atoms with Gasteiger partial charge in [0.25, 0.3) is 5.91 Å². The molecule has 0 bridgehead atoms. The van der Waals surface area contributed by atoms with Crippen LogP contribution in [0.4, 0.5) is 10.9 Å². The summed E-state index contributed by atoms with van der Waals surface area (Å²) in [6.45, 7) is 3.14. The number of aliphatic hydroxyl groups is 1. The maximum Gasteiger partial charge on any atom is 0.257 e. The monoisotopic (exact) mass is 442 g/mol. The number of hydrogen-bond acceptors (Lipinski definition) is 6. The fourth-order valence-electron chi connectivity index (χ4n) is 3.97. The van der Waals surface area contributed by atoms with Gasteiger partial charge in [-0.2, -0.15) is 0 Å². The molecule has 2 aromatic carbocycles. The molecule has 0 radical (unpaired) electrons. The van der Waals surface area contributed by atoms with E-state index in [0.29, 0.717) is 22.9 Å². The molecule has 4 aromatic rings. The summed E-state index contributed by atoms with van der Waals surface area (Å²) in [5.74, 6) is 0.777. The summed E-state index contributed by atoms with van der Waals surface area (Å²) in [7, 11) is 0. The van der Waals surface area contributed by atoms with Gasteiger partial charge in [-0.3, -0.25) is 10.1 Å². The molecule has 6 nitrogen and oxygen atoms in total. The van der Waals surface area contributed by atoms with E-state index in [1.54, 1.807) is 19.1 Å². The van der Waals surface area contributed by atoms with E-state index in [2.05, 4.69) is 26.3 Å². The van der Waals surface area contributed by atoms with Crippen LogP contribution in [0.2, 0.25) is 0 Å². The minimum Gasteiger partial charge on any atom is -0.506 e. The van der Waals surface area contributed by atoms with E-state index < -0.39 is 0 Å². The predicted octanol–water partition coefficient (Wildman–Crippen LogP) is 5.43. The molecule has 1 amide bonds. The normalized spacial score (nSPS) is 13.8. The van der Waals surface area contributed by atoms with Crippen molar-refractivity contribution in [2.45, 2.75) is 19.9 Å². The van der Waals surface area contributed by atoms with Gasteiger partial charge >= 0.3 is 0 Å². The highest BCUT2D eigenvalue weighted by Gasteiger charge is 2.23. The first-order valence-corrected chi connectivity index (χ1v) is 11.3. The Balaban J connectivity index is 1.42. The summed E-state index contributed by atoms with van der Waals surface area (Å²) in [6.07, 6.45) is 2.45. The number of hydrogen-bond donors (Lipinski definition) is 2. The summed E-state index contributed by atoms with van der Waals surface area (Å²) >= 11 is 1.47. The highest BCUT2D eigenvalue weighted by Crippen LogP contribution is 2.29. The quantitative estimate of drug-likeness (QED) is 0.412. The third-order valence-corrected chi connectivity index (χ3v) is 6.58. The summed E-state index contributed by atoms with van der Waals surface area (Å²) in [5, 5.41) is 13.6. The van der Waals surface area contributed by atoms with Crippen molar-refractivity contribution in [1.82, 2.24) is 9.97 Å². The molecule has 2 N–H and O–H groups in total. The largest absolute Gasteiger partial charge is 0.506 e. The molecule has 32 heavy (non-hydrogen) atoms. The molecule has 2 aromatic heterocycles. The lowest BCUT2D eigenvalue weighted by atomic mass is 9.94. The van der Waals surface area contributed by atoms with Crippen LogP contribution in [0.25, 0.3) is 16.0 Å². The average Bonchev–Trinajstić information content (AvgIpc) is 3.25. The van der Waals surface area contributed by atoms with Crippen LogP contribution < -0.4 is 10.2 Å². The van der Waals surface area contributed by atoms with Gasteiger partial charge in [0.1, 0.15) is 17.3 Å². The third-order valence-electron chi connectivity index (χ3n) is 5.63. The van der Waals surface area contributed by atoms with E-state index in [-0.39, 0.29) is 11.7 Å². The van der Waals surface area contributed by atoms with Crippen LogP contribution in [0, 0.1) is 0 Å². The number of aromatic nitrogens is 2. The average molecular weight is 443 g/mol. The molecule has 5 rings (SSSR count). The number of rotatable bonds is 4. The van der Waals surface area contributed by atoms with Gasteiger partial charge in [-0.25, -0.2) is 9.97 Å². The number of thiazole rings is 1. The summed E-state index contributed by atoms with van der Waals surface area (Å²) in [5.41, 5.74) is 4.24. The van der Waals surface area contributed by atoms with Crippen molar-refractivity contribution >= 4 is 44.2 Å². The Hall–Kier alpha value is -3.71. The Kier molecular flexibility index (Phi) is 5.33. The summed E-state index contributed by atoms with van der Waals surface area (Å²) < 4.78 is 1.04. The molecule has 160 valence electrons. The van der Waals surface area contributed by atoms with Crippen molar-refractivity contribution in [3.05, 3.63) is 89.1 Å². The fraction of sp³-hybridized carbons (Fsp3) is 0.160. The maximum atomic E-state index is 13.2. The summed E-state index contributed by atoms with van der Waals surface area (Å²) in [4.78, 5) is 24.4. The molecule has 0 fully saturated rings. The summed E-state index contributed by atoms with van der Waals surface area (Å²) in [6, 6.07) is 19.3. The van der Waals surface area contributed by atoms with Crippen molar-refractivity contribution < 1.29 is 9.90 Å². The van der Waals surface area contributed by atoms with Gasteiger partial charge in [-0.15, -0.1) is 0 Å². The number of allylic oxidation sites excluding steroid dienone is 1. The second-order valence-electron chi connectivity index (χ2n) is 7.61. The minimum absolute atomic E-state index is 0.153. The van der Waals surface area contributed by atoms with E-state index in [0.717, 1.165) is 34.6 Å². The van der Waals surface area contributed by atoms with Crippen molar-refractivity contribution in [2.24, 2.45) is 0 Å². The Morgan fingerprint density at radius 3 is 2.78 bits per heavy atom. The first-order chi connectivity index (χ1) is 15.6. The van der Waals surface area contributed by atoms with Crippen LogP contribution >= 0.6 is 11.3 Å². The lowest BCUT2D eigenvalue weighted by Crippen LogP contribution is -2.33. The number of anilines is 2. The molecular formula is C25H22N4O2S. The molecule has 1 aliphatic rings. The molecule has 0 aliphatic carbocycles. The van der Waals surface area contributed by atoms with Crippen molar-refractivity contribution in [1.29, 1.82) is 0 Å². The van der Waals surface area contributed by atoms with Gasteiger partial charge < -0.3 is 10.0 Å². The highest BCUT2D eigenvalue weighted by molar-refractivity contribution is 7.22. The number of benzene rings is 2. The number of nitrogens with one attached hydrogen (secondary N) is 1. The molecule has 3 heterocycles. The number of nitrogens with zero attached hydrogens (tertiary/aromatic N) is 3. The smallest absolute Gasteiger partial charge is 0.257 e. The van der Waals surface area contributed by atoms with Crippen LogP contribution in [0.3, 0.4) is 0 Å². The van der Waals surface area contributed by atoms with Crippen LogP contribution in [-0.2, 0) is 13.0 Å². The second-order valence-corrected chi connectivity index (χ2v) is 8.64. The number of carbonyl (C=O) groups excluding carboxylic acids is 1. The first kappa shape index (κ1) is 20.2. The van der Waals surface area contributed by atoms with Crippen molar-refractivity contribution in [2.75, 3.05) is 16.8 Å². The fourth-order valence-corrected chi connectivity index (χ4v) is 4.83. The van der Waals surface area contributed by atoms with Crippen molar-refractivity contribution in [3.63, 3.8) is 0 Å². The number of para-hydroxylation sites is 1. The zero-order valence-corrected chi connectivity index (χ0v) is 18.4. The van der Waals surface area contributed by atoms with E-state index >= 15 is 0 Å². The van der Waals surface area contributed by atoms with Gasteiger partial charge in [0.15, 0.2) is 5.13 Å². The third kappa shape index (κ3) is 3.83. The highest BCUT2D eigenvalue weighted by atomic mass is 32.1. The Morgan fingerprint density at radius 1 is 1.09 bits per heavy atom. The SMILES string of the molecule is CC=C(O)c1cccc(N2CCc3cccc(C(=O)Nc4nc5ccccc5s4)c3C2)n1. The van der Waals surface area contributed by atoms with Crippen LogP contribution in [-0.4, -0.2) is 27.5 Å². The minimum atomic E-state index is -0.156. The first-order valence-electron chi connectivity index (χ1n) is 10.5. The predicted molar refractivity (Wildman–Crippen MR) is 129 cm³/mol. The lowest BCUT2D eigenvalue weighted by Gasteiger charge is -2.31. The zero-order chi connectivity index (χ0) is 22.1. The van der Waals surface area contributed by atoms with Crippen LogP contribution in [0.5, 0.6) is 0 Å². The van der Waals surface area contributed by atoms with E-state index in [1.165, 1.54) is 16.9 Å². The Morgan fingerprint density at radius 2 is 1.94 bits per heavy atom. The van der Waals surface area contributed by atoms with E-state index in [1.807, 2.05) is 48.5 Å². The Labute approximate surface area is 189 Å². The molecule has 1 aliphatic heterocycles. The second kappa shape index (κ2) is 8.43. The van der Waals surface area contributed by atoms with Crippen molar-refractivity contribution in [3.8, 4) is 0 Å². The molecule has 0 saturated heterocycles. The van der Waals surface area contributed by atoms with Crippen LogP contribution in [0.1, 0.15) is 34.1 Å². The molecule has 0 spiro atoms. The van der Waals surface area contributed by atoms with Gasteiger partial charge in [0.2, 0.25) is 0 Å². The lowest BCUT2D eigenvalue weighted by molar-refractivity contribution is 0.102. The Bertz CT molecular complexity index is 1310. The van der Waals surface area contributed by atoms with Gasteiger partial charge in [0, 0.05) is 18.7 Å².